The van der Waals surface area contributed by atoms with Crippen LogP contribution in [0.1, 0.15) is 12.0 Å². The Balaban J connectivity index is 2.22. The number of nitrogens with zero attached hydrogens (tertiary/aromatic N) is 1. The van der Waals surface area contributed by atoms with E-state index in [0.29, 0.717) is 17.1 Å². The van der Waals surface area contributed by atoms with Gasteiger partial charge in [-0.1, -0.05) is 6.07 Å². The van der Waals surface area contributed by atoms with E-state index < -0.39 is 30.9 Å². The molecule has 1 aliphatic rings. The summed E-state index contributed by atoms with van der Waals surface area (Å²) in [6.07, 6.45) is -0.666. The Morgan fingerprint density at radius 1 is 1.43 bits per heavy atom. The molecule has 0 amide bonds. The van der Waals surface area contributed by atoms with Gasteiger partial charge in [-0.05, 0) is 6.07 Å². The number of carboxylic acid groups (broad SMARTS) is 1. The van der Waals surface area contributed by atoms with Gasteiger partial charge < -0.3 is 14.6 Å². The van der Waals surface area contributed by atoms with Crippen LogP contribution in [0.4, 0.5) is 8.78 Å². The van der Waals surface area contributed by atoms with Gasteiger partial charge in [-0.25, -0.2) is 8.78 Å². The average Bonchev–Trinajstić information content (AvgIpc) is 2.74. The molecule has 0 aliphatic carbocycles. The fourth-order valence-electron chi connectivity index (χ4n) is 2.49. The van der Waals surface area contributed by atoms with Gasteiger partial charge in [0.15, 0.2) is 0 Å². The largest absolute Gasteiger partial charge is 0.497 e. The van der Waals surface area contributed by atoms with Crippen molar-refractivity contribution in [2.24, 2.45) is 0 Å². The topological polar surface area (TPSA) is 59.0 Å². The minimum absolute atomic E-state index is 0.0831. The lowest BCUT2D eigenvalue weighted by atomic mass is 10.1. The Morgan fingerprint density at radius 3 is 2.71 bits per heavy atom. The molecule has 1 aromatic carbocycles. The summed E-state index contributed by atoms with van der Waals surface area (Å²) in [5, 5.41) is 9.08. The molecule has 7 heteroatoms. The maximum absolute atomic E-state index is 13.5. The monoisotopic (exact) mass is 301 g/mol. The second-order valence-corrected chi connectivity index (χ2v) is 5.00. The van der Waals surface area contributed by atoms with E-state index in [0.717, 1.165) is 0 Å². The van der Waals surface area contributed by atoms with Gasteiger partial charge in [-0.3, -0.25) is 9.69 Å². The van der Waals surface area contributed by atoms with Gasteiger partial charge in [0, 0.05) is 24.6 Å². The highest BCUT2D eigenvalue weighted by Crippen LogP contribution is 2.35. The minimum Gasteiger partial charge on any atom is -0.497 e. The number of halogens is 2. The normalized spacial score (nSPS) is 21.2. The molecular weight excluding hydrogens is 284 g/mol. The van der Waals surface area contributed by atoms with Crippen molar-refractivity contribution in [2.45, 2.75) is 24.9 Å². The van der Waals surface area contributed by atoms with Crippen LogP contribution in [0.3, 0.4) is 0 Å². The Hall–Kier alpha value is -1.89. The van der Waals surface area contributed by atoms with E-state index in [1.54, 1.807) is 18.2 Å². The van der Waals surface area contributed by atoms with Crippen LogP contribution >= 0.6 is 0 Å². The van der Waals surface area contributed by atoms with Gasteiger partial charge in [-0.15, -0.1) is 0 Å². The summed E-state index contributed by atoms with van der Waals surface area (Å²) in [7, 11) is 2.97. The van der Waals surface area contributed by atoms with Crippen LogP contribution in [0.5, 0.6) is 11.5 Å². The molecule has 0 radical (unpaired) electrons. The number of ether oxygens (including phenoxy) is 2. The van der Waals surface area contributed by atoms with Gasteiger partial charge in [0.1, 0.15) is 17.5 Å². The summed E-state index contributed by atoms with van der Waals surface area (Å²) < 4.78 is 37.2. The van der Waals surface area contributed by atoms with Crippen molar-refractivity contribution in [3.8, 4) is 11.5 Å². The molecule has 0 bridgehead atoms. The van der Waals surface area contributed by atoms with Gasteiger partial charge in [0.05, 0.1) is 20.8 Å². The number of carboxylic acids is 1. The van der Waals surface area contributed by atoms with Crippen molar-refractivity contribution in [3.63, 3.8) is 0 Å². The number of likely N-dealkylation sites (tertiary alicyclic amines) is 1. The summed E-state index contributed by atoms with van der Waals surface area (Å²) >= 11 is 0. The van der Waals surface area contributed by atoms with E-state index >= 15 is 0 Å². The zero-order valence-electron chi connectivity index (χ0n) is 11.8. The number of hydrogen-bond acceptors (Lipinski definition) is 4. The molecule has 1 heterocycles. The number of rotatable bonds is 5. The third kappa shape index (κ3) is 3.41. The first-order valence-corrected chi connectivity index (χ1v) is 6.42. The number of benzene rings is 1. The predicted octanol–water partition coefficient (Wildman–Crippen LogP) is 2.00. The van der Waals surface area contributed by atoms with E-state index in [1.807, 2.05) is 0 Å². The number of aliphatic carboxylic acids is 1. The van der Waals surface area contributed by atoms with Crippen LogP contribution < -0.4 is 9.47 Å². The Labute approximate surface area is 121 Å². The SMILES string of the molecule is COc1ccc(CN2CC(F)(F)C[C@@H]2C(=O)O)c(OC)c1. The Kier molecular flexibility index (Phi) is 4.32. The predicted molar refractivity (Wildman–Crippen MR) is 70.9 cm³/mol. The maximum Gasteiger partial charge on any atom is 0.321 e. The van der Waals surface area contributed by atoms with Gasteiger partial charge in [0.25, 0.3) is 5.92 Å². The van der Waals surface area contributed by atoms with Crippen molar-refractivity contribution in [1.29, 1.82) is 0 Å². The smallest absolute Gasteiger partial charge is 0.321 e. The fourth-order valence-corrected chi connectivity index (χ4v) is 2.49. The molecule has 0 aromatic heterocycles. The third-order valence-corrected chi connectivity index (χ3v) is 3.52. The van der Waals surface area contributed by atoms with E-state index in [9.17, 15) is 13.6 Å². The van der Waals surface area contributed by atoms with Gasteiger partial charge in [-0.2, -0.15) is 0 Å². The highest BCUT2D eigenvalue weighted by Gasteiger charge is 2.48. The third-order valence-electron chi connectivity index (χ3n) is 3.52. The van der Waals surface area contributed by atoms with Crippen LogP contribution in [-0.4, -0.2) is 48.7 Å². The number of carbonyl (C=O) groups is 1. The Morgan fingerprint density at radius 2 is 2.14 bits per heavy atom. The number of alkyl halides is 2. The molecule has 1 aliphatic heterocycles. The molecule has 0 unspecified atom stereocenters. The highest BCUT2D eigenvalue weighted by molar-refractivity contribution is 5.74. The van der Waals surface area contributed by atoms with Crippen molar-refractivity contribution in [3.05, 3.63) is 23.8 Å². The molecule has 1 atom stereocenters. The van der Waals surface area contributed by atoms with Crippen LogP contribution in [0, 0.1) is 0 Å². The fraction of sp³-hybridized carbons (Fsp3) is 0.500. The molecular formula is C14H17F2NO4. The molecule has 5 nitrogen and oxygen atoms in total. The van der Waals surface area contributed by atoms with Crippen molar-refractivity contribution < 1.29 is 28.2 Å². The lowest BCUT2D eigenvalue weighted by Crippen LogP contribution is -2.35. The highest BCUT2D eigenvalue weighted by atomic mass is 19.3. The summed E-state index contributed by atoms with van der Waals surface area (Å²) in [4.78, 5) is 12.4. The molecule has 1 aromatic rings. The summed E-state index contributed by atoms with van der Waals surface area (Å²) in [6.45, 7) is -0.487. The van der Waals surface area contributed by atoms with E-state index in [4.69, 9.17) is 14.6 Å². The standard InChI is InChI=1S/C14H17F2NO4/c1-20-10-4-3-9(12(5-10)21-2)7-17-8-14(15,16)6-11(17)13(18)19/h3-5,11H,6-8H2,1-2H3,(H,18,19)/t11-/m1/s1. The molecule has 0 saturated carbocycles. The van der Waals surface area contributed by atoms with E-state index in [-0.39, 0.29) is 6.54 Å². The van der Waals surface area contributed by atoms with Gasteiger partial charge >= 0.3 is 5.97 Å². The second kappa shape index (κ2) is 5.85. The van der Waals surface area contributed by atoms with Crippen LogP contribution in [0.15, 0.2) is 18.2 Å². The molecule has 0 spiro atoms. The number of hydrogen-bond donors (Lipinski definition) is 1. The lowest BCUT2D eigenvalue weighted by molar-refractivity contribution is -0.142. The number of methoxy groups -OCH3 is 2. The first-order chi connectivity index (χ1) is 9.86. The first kappa shape index (κ1) is 15.5. The summed E-state index contributed by atoms with van der Waals surface area (Å²) in [5.74, 6) is -3.16. The molecule has 1 fully saturated rings. The molecule has 1 saturated heterocycles. The summed E-state index contributed by atoms with van der Waals surface area (Å²) in [5.41, 5.74) is 0.641. The van der Waals surface area contributed by atoms with Crippen molar-refractivity contribution in [1.82, 2.24) is 4.90 Å². The van der Waals surface area contributed by atoms with Crippen LogP contribution in [-0.2, 0) is 11.3 Å². The lowest BCUT2D eigenvalue weighted by Gasteiger charge is -2.21. The molecule has 116 valence electrons. The quantitative estimate of drug-likeness (QED) is 0.901. The van der Waals surface area contributed by atoms with E-state index in [2.05, 4.69) is 0 Å². The molecule has 1 N–H and O–H groups in total. The average molecular weight is 301 g/mol. The van der Waals surface area contributed by atoms with Crippen LogP contribution in [0.25, 0.3) is 0 Å². The Bertz CT molecular complexity index is 536. The van der Waals surface area contributed by atoms with Crippen molar-refractivity contribution >= 4 is 5.97 Å². The van der Waals surface area contributed by atoms with Crippen molar-refractivity contribution in [2.75, 3.05) is 20.8 Å². The first-order valence-electron chi connectivity index (χ1n) is 6.42. The maximum atomic E-state index is 13.5. The molecule has 21 heavy (non-hydrogen) atoms. The summed E-state index contributed by atoms with van der Waals surface area (Å²) in [6, 6.07) is 3.82. The zero-order valence-corrected chi connectivity index (χ0v) is 11.8. The van der Waals surface area contributed by atoms with Gasteiger partial charge in [0.2, 0.25) is 0 Å². The van der Waals surface area contributed by atoms with E-state index in [1.165, 1.54) is 19.1 Å². The van der Waals surface area contributed by atoms with Crippen LogP contribution in [0.2, 0.25) is 0 Å². The second-order valence-electron chi connectivity index (χ2n) is 5.00. The molecule has 2 rings (SSSR count). The minimum atomic E-state index is -2.98. The zero-order chi connectivity index (χ0) is 15.6.